The van der Waals surface area contributed by atoms with Gasteiger partial charge in [-0.2, -0.15) is 5.26 Å². The highest BCUT2D eigenvalue weighted by Crippen LogP contribution is 2.17. The van der Waals surface area contributed by atoms with Crippen LogP contribution in [0.4, 0.5) is 0 Å². The van der Waals surface area contributed by atoms with Crippen LogP contribution in [0.5, 0.6) is 0 Å². The van der Waals surface area contributed by atoms with E-state index < -0.39 is 18.0 Å². The Bertz CT molecular complexity index is 310. The van der Waals surface area contributed by atoms with Crippen molar-refractivity contribution in [3.8, 4) is 6.07 Å². The standard InChI is InChI=1S/C9H14N4O2/c10-5-6-2-1-3-13(6)9(15)7(11)4-8(12)14/h6-7H,1-4,11H2,(H2,12,14). The number of primary amides is 1. The van der Waals surface area contributed by atoms with Crippen molar-refractivity contribution in [3.05, 3.63) is 0 Å². The first kappa shape index (κ1) is 11.5. The molecule has 0 spiro atoms. The molecule has 1 aliphatic rings. The molecule has 2 atom stereocenters. The molecule has 1 aliphatic heterocycles. The van der Waals surface area contributed by atoms with Gasteiger partial charge in [0.15, 0.2) is 0 Å². The lowest BCUT2D eigenvalue weighted by Gasteiger charge is -2.22. The van der Waals surface area contributed by atoms with Crippen LogP contribution in [-0.2, 0) is 9.59 Å². The molecule has 0 radical (unpaired) electrons. The van der Waals surface area contributed by atoms with E-state index in [-0.39, 0.29) is 12.3 Å². The van der Waals surface area contributed by atoms with E-state index in [4.69, 9.17) is 16.7 Å². The quantitative estimate of drug-likeness (QED) is 0.602. The Morgan fingerprint density at radius 1 is 1.60 bits per heavy atom. The lowest BCUT2D eigenvalue weighted by Crippen LogP contribution is -2.47. The minimum atomic E-state index is -0.920. The molecule has 1 heterocycles. The Morgan fingerprint density at radius 2 is 2.27 bits per heavy atom. The Labute approximate surface area is 87.8 Å². The molecule has 0 aromatic carbocycles. The van der Waals surface area contributed by atoms with Gasteiger partial charge in [-0.15, -0.1) is 0 Å². The van der Waals surface area contributed by atoms with Gasteiger partial charge in [0.05, 0.1) is 18.5 Å². The third-order valence-electron chi connectivity index (χ3n) is 2.42. The SMILES string of the molecule is N#CC1CCCN1C(=O)C(N)CC(N)=O. The van der Waals surface area contributed by atoms with Crippen LogP contribution in [0, 0.1) is 11.3 Å². The van der Waals surface area contributed by atoms with Crippen molar-refractivity contribution < 1.29 is 9.59 Å². The van der Waals surface area contributed by atoms with Gasteiger partial charge in [-0.05, 0) is 12.8 Å². The van der Waals surface area contributed by atoms with Crippen LogP contribution in [0.15, 0.2) is 0 Å². The molecule has 1 fully saturated rings. The first-order chi connectivity index (χ1) is 7.06. The number of nitriles is 1. The van der Waals surface area contributed by atoms with Gasteiger partial charge in [-0.1, -0.05) is 0 Å². The van der Waals surface area contributed by atoms with Crippen LogP contribution in [0.25, 0.3) is 0 Å². The number of nitrogens with zero attached hydrogens (tertiary/aromatic N) is 2. The second kappa shape index (κ2) is 4.75. The molecule has 15 heavy (non-hydrogen) atoms. The molecule has 6 heteroatoms. The molecule has 2 unspecified atom stereocenters. The van der Waals surface area contributed by atoms with E-state index in [0.717, 1.165) is 6.42 Å². The molecule has 0 aliphatic carbocycles. The number of amides is 2. The van der Waals surface area contributed by atoms with Crippen LogP contribution in [0.1, 0.15) is 19.3 Å². The number of hydrogen-bond acceptors (Lipinski definition) is 4. The maximum absolute atomic E-state index is 11.7. The molecule has 0 saturated carbocycles. The second-order valence-electron chi connectivity index (χ2n) is 3.60. The van der Waals surface area contributed by atoms with Crippen LogP contribution < -0.4 is 11.5 Å². The lowest BCUT2D eigenvalue weighted by atomic mass is 10.1. The highest BCUT2D eigenvalue weighted by molar-refractivity contribution is 5.88. The number of rotatable bonds is 3. The summed E-state index contributed by atoms with van der Waals surface area (Å²) < 4.78 is 0. The first-order valence-electron chi connectivity index (χ1n) is 4.80. The predicted octanol–water partition coefficient (Wildman–Crippen LogP) is -1.30. The molecule has 4 N–H and O–H groups in total. The summed E-state index contributed by atoms with van der Waals surface area (Å²) in [5.74, 6) is -0.971. The summed E-state index contributed by atoms with van der Waals surface area (Å²) in [6.07, 6.45) is 1.30. The summed E-state index contributed by atoms with van der Waals surface area (Å²) in [7, 11) is 0. The zero-order valence-electron chi connectivity index (χ0n) is 8.35. The van der Waals surface area contributed by atoms with Gasteiger partial charge in [0.2, 0.25) is 11.8 Å². The summed E-state index contributed by atoms with van der Waals surface area (Å²) in [5.41, 5.74) is 10.5. The van der Waals surface area contributed by atoms with E-state index in [1.807, 2.05) is 6.07 Å². The molecule has 1 rings (SSSR count). The number of nitrogens with two attached hydrogens (primary N) is 2. The molecule has 82 valence electrons. The van der Waals surface area contributed by atoms with E-state index >= 15 is 0 Å². The van der Waals surface area contributed by atoms with Crippen LogP contribution in [0.2, 0.25) is 0 Å². The molecule has 6 nitrogen and oxygen atoms in total. The monoisotopic (exact) mass is 210 g/mol. The van der Waals surface area contributed by atoms with Crippen molar-refractivity contribution in [3.63, 3.8) is 0 Å². The topological polar surface area (TPSA) is 113 Å². The Kier molecular flexibility index (Phi) is 3.63. The minimum Gasteiger partial charge on any atom is -0.370 e. The van der Waals surface area contributed by atoms with Gasteiger partial charge in [-0.3, -0.25) is 9.59 Å². The zero-order valence-corrected chi connectivity index (χ0v) is 8.35. The van der Waals surface area contributed by atoms with E-state index in [1.165, 1.54) is 4.90 Å². The minimum absolute atomic E-state index is 0.173. The molecular formula is C9H14N4O2. The smallest absolute Gasteiger partial charge is 0.241 e. The van der Waals surface area contributed by atoms with Crippen LogP contribution in [-0.4, -0.2) is 35.3 Å². The Balaban J connectivity index is 2.60. The van der Waals surface area contributed by atoms with Crippen molar-refractivity contribution in [1.82, 2.24) is 4.90 Å². The number of carbonyl (C=O) groups is 2. The van der Waals surface area contributed by atoms with Crippen molar-refractivity contribution in [2.24, 2.45) is 11.5 Å². The van der Waals surface area contributed by atoms with Gasteiger partial charge in [0.25, 0.3) is 0 Å². The maximum atomic E-state index is 11.7. The molecular weight excluding hydrogens is 196 g/mol. The van der Waals surface area contributed by atoms with Crippen molar-refractivity contribution in [2.75, 3.05) is 6.54 Å². The highest BCUT2D eigenvalue weighted by atomic mass is 16.2. The normalized spacial score (nSPS) is 22.1. The molecule has 0 aromatic heterocycles. The number of hydrogen-bond donors (Lipinski definition) is 2. The second-order valence-corrected chi connectivity index (χ2v) is 3.60. The fourth-order valence-electron chi connectivity index (χ4n) is 1.68. The lowest BCUT2D eigenvalue weighted by molar-refractivity contribution is -0.134. The van der Waals surface area contributed by atoms with E-state index in [2.05, 4.69) is 0 Å². The zero-order chi connectivity index (χ0) is 11.4. The summed E-state index contributed by atoms with van der Waals surface area (Å²) >= 11 is 0. The summed E-state index contributed by atoms with van der Waals surface area (Å²) in [5, 5.41) is 8.77. The van der Waals surface area contributed by atoms with E-state index in [0.29, 0.717) is 13.0 Å². The summed E-state index contributed by atoms with van der Waals surface area (Å²) in [6, 6.07) is 0.710. The van der Waals surface area contributed by atoms with Crippen molar-refractivity contribution in [1.29, 1.82) is 5.26 Å². The number of carbonyl (C=O) groups excluding carboxylic acids is 2. The van der Waals surface area contributed by atoms with Gasteiger partial charge >= 0.3 is 0 Å². The predicted molar refractivity (Wildman–Crippen MR) is 52.1 cm³/mol. The number of likely N-dealkylation sites (tertiary alicyclic amines) is 1. The Hall–Kier alpha value is -1.61. The van der Waals surface area contributed by atoms with Gasteiger partial charge in [0, 0.05) is 6.54 Å². The third kappa shape index (κ3) is 2.67. The van der Waals surface area contributed by atoms with Crippen LogP contribution >= 0.6 is 0 Å². The van der Waals surface area contributed by atoms with Gasteiger partial charge < -0.3 is 16.4 Å². The molecule has 0 aromatic rings. The van der Waals surface area contributed by atoms with Crippen molar-refractivity contribution >= 4 is 11.8 Å². The molecule has 1 saturated heterocycles. The highest BCUT2D eigenvalue weighted by Gasteiger charge is 2.31. The third-order valence-corrected chi connectivity index (χ3v) is 2.42. The molecule has 2 amide bonds. The Morgan fingerprint density at radius 3 is 2.80 bits per heavy atom. The van der Waals surface area contributed by atoms with Crippen LogP contribution in [0.3, 0.4) is 0 Å². The van der Waals surface area contributed by atoms with E-state index in [9.17, 15) is 9.59 Å². The first-order valence-corrected chi connectivity index (χ1v) is 4.80. The van der Waals surface area contributed by atoms with Gasteiger partial charge in [0.1, 0.15) is 6.04 Å². The van der Waals surface area contributed by atoms with Crippen molar-refractivity contribution in [2.45, 2.75) is 31.3 Å². The van der Waals surface area contributed by atoms with Gasteiger partial charge in [-0.25, -0.2) is 0 Å². The fourth-order valence-corrected chi connectivity index (χ4v) is 1.68. The average Bonchev–Trinajstić information content (AvgIpc) is 2.62. The summed E-state index contributed by atoms with van der Waals surface area (Å²) in [4.78, 5) is 23.7. The fraction of sp³-hybridized carbons (Fsp3) is 0.667. The largest absolute Gasteiger partial charge is 0.370 e. The average molecular weight is 210 g/mol. The maximum Gasteiger partial charge on any atom is 0.241 e. The molecule has 0 bridgehead atoms. The summed E-state index contributed by atoms with van der Waals surface area (Å²) in [6.45, 7) is 0.531. The van der Waals surface area contributed by atoms with E-state index in [1.54, 1.807) is 0 Å².